The summed E-state index contributed by atoms with van der Waals surface area (Å²) in [5, 5.41) is 11.8. The molecule has 4 rings (SSSR count). The molecule has 28 heavy (non-hydrogen) atoms. The van der Waals surface area contributed by atoms with Crippen LogP contribution in [0.5, 0.6) is 0 Å². The van der Waals surface area contributed by atoms with E-state index < -0.39 is 0 Å². The first-order valence-corrected chi connectivity index (χ1v) is 10.3. The van der Waals surface area contributed by atoms with Crippen molar-refractivity contribution >= 4 is 46.6 Å². The van der Waals surface area contributed by atoms with Crippen LogP contribution in [0.15, 0.2) is 54.6 Å². The van der Waals surface area contributed by atoms with Gasteiger partial charge in [0.15, 0.2) is 0 Å². The Bertz CT molecular complexity index is 851. The first-order chi connectivity index (χ1) is 13.6. The van der Waals surface area contributed by atoms with Crippen LogP contribution in [0.3, 0.4) is 0 Å². The molecule has 0 spiro atoms. The van der Waals surface area contributed by atoms with E-state index in [-0.39, 0.29) is 35.1 Å². The number of fused-ring (bicyclic) bond motifs is 1. The fourth-order valence-corrected chi connectivity index (χ4v) is 4.22. The van der Waals surface area contributed by atoms with Crippen LogP contribution in [-0.2, 0) is 9.59 Å². The first kappa shape index (κ1) is 19.1. The van der Waals surface area contributed by atoms with E-state index in [0.717, 1.165) is 5.69 Å². The standard InChI is InChI=1S/C19H20ClN5O2S/c20-12-6-8-13(9-7-12)22-16(26)11-28-19-23-17-15(18(27)24-19)10-21-25(17)14-4-2-1-3-5-14/h1-9,15,17,19,21,23H,10-11H2,(H,22,26)(H,24,27). The molecule has 4 N–H and O–H groups in total. The second-order valence-corrected chi connectivity index (χ2v) is 8.07. The van der Waals surface area contributed by atoms with E-state index in [1.54, 1.807) is 24.3 Å². The average molecular weight is 418 g/mol. The predicted molar refractivity (Wildman–Crippen MR) is 112 cm³/mol. The Kier molecular flexibility index (Phi) is 5.72. The first-order valence-electron chi connectivity index (χ1n) is 8.91. The maximum absolute atomic E-state index is 12.5. The zero-order valence-corrected chi connectivity index (χ0v) is 16.5. The van der Waals surface area contributed by atoms with Crippen molar-refractivity contribution in [1.29, 1.82) is 0 Å². The Morgan fingerprint density at radius 1 is 1.18 bits per heavy atom. The van der Waals surface area contributed by atoms with Gasteiger partial charge in [-0.1, -0.05) is 29.8 Å². The van der Waals surface area contributed by atoms with Gasteiger partial charge in [-0.25, -0.2) is 5.43 Å². The number of thioether (sulfide) groups is 1. The van der Waals surface area contributed by atoms with Gasteiger partial charge in [-0.05, 0) is 36.4 Å². The summed E-state index contributed by atoms with van der Waals surface area (Å²) in [7, 11) is 0. The molecule has 2 aromatic carbocycles. The Morgan fingerprint density at radius 3 is 2.68 bits per heavy atom. The molecule has 2 aromatic rings. The number of halogens is 1. The SMILES string of the molecule is O=C(CSC1NC(=O)C2CNN(c3ccccc3)C2N1)Nc1ccc(Cl)cc1. The molecule has 2 fully saturated rings. The number of hydrogen-bond donors (Lipinski definition) is 4. The van der Waals surface area contributed by atoms with Gasteiger partial charge in [-0.2, -0.15) is 0 Å². The molecule has 146 valence electrons. The quantitative estimate of drug-likeness (QED) is 0.595. The highest BCUT2D eigenvalue weighted by atomic mass is 35.5. The van der Waals surface area contributed by atoms with Crippen molar-refractivity contribution in [3.8, 4) is 0 Å². The average Bonchev–Trinajstić information content (AvgIpc) is 3.13. The molecule has 3 atom stereocenters. The highest BCUT2D eigenvalue weighted by Gasteiger charge is 2.44. The number of carbonyl (C=O) groups excluding carboxylic acids is 2. The molecule has 7 nitrogen and oxygen atoms in total. The fraction of sp³-hybridized carbons (Fsp3) is 0.263. The van der Waals surface area contributed by atoms with Crippen LogP contribution in [0, 0.1) is 5.92 Å². The van der Waals surface area contributed by atoms with Gasteiger partial charge in [0.25, 0.3) is 0 Å². The number of rotatable bonds is 5. The Hall–Kier alpha value is -2.26. The summed E-state index contributed by atoms with van der Waals surface area (Å²) < 4.78 is 0. The third-order valence-electron chi connectivity index (χ3n) is 4.62. The normalized spacial score (nSPS) is 23.8. The summed E-state index contributed by atoms with van der Waals surface area (Å²) in [6.45, 7) is 0.562. The molecule has 0 aliphatic carbocycles. The van der Waals surface area contributed by atoms with Crippen LogP contribution in [0.2, 0.25) is 5.02 Å². The Balaban J connectivity index is 1.35. The van der Waals surface area contributed by atoms with Gasteiger partial charge < -0.3 is 10.6 Å². The maximum Gasteiger partial charge on any atom is 0.234 e. The lowest BCUT2D eigenvalue weighted by Gasteiger charge is -2.37. The van der Waals surface area contributed by atoms with Crippen molar-refractivity contribution in [3.63, 3.8) is 0 Å². The molecule has 2 aliphatic rings. The topological polar surface area (TPSA) is 85.5 Å². The summed E-state index contributed by atoms with van der Waals surface area (Å²) in [6, 6.07) is 16.8. The highest BCUT2D eigenvalue weighted by molar-refractivity contribution is 8.00. The molecule has 2 heterocycles. The van der Waals surface area contributed by atoms with Crippen molar-refractivity contribution in [2.24, 2.45) is 5.92 Å². The molecule has 0 aromatic heterocycles. The predicted octanol–water partition coefficient (Wildman–Crippen LogP) is 1.98. The molecular weight excluding hydrogens is 398 g/mol. The van der Waals surface area contributed by atoms with E-state index in [0.29, 0.717) is 17.3 Å². The lowest BCUT2D eigenvalue weighted by molar-refractivity contribution is -0.127. The number of nitrogens with zero attached hydrogens (tertiary/aromatic N) is 1. The van der Waals surface area contributed by atoms with E-state index in [9.17, 15) is 9.59 Å². The largest absolute Gasteiger partial charge is 0.331 e. The van der Waals surface area contributed by atoms with Crippen molar-refractivity contribution in [2.75, 3.05) is 22.6 Å². The van der Waals surface area contributed by atoms with Gasteiger partial charge in [0, 0.05) is 17.3 Å². The number of hydrogen-bond acceptors (Lipinski definition) is 6. The van der Waals surface area contributed by atoms with Gasteiger partial charge >= 0.3 is 0 Å². The van der Waals surface area contributed by atoms with Crippen LogP contribution in [0.25, 0.3) is 0 Å². The Labute approximate surface area is 172 Å². The minimum Gasteiger partial charge on any atom is -0.331 e. The number of anilines is 2. The molecular formula is C19H20ClN5O2S. The third-order valence-corrected chi connectivity index (χ3v) is 5.88. The van der Waals surface area contributed by atoms with Gasteiger partial charge in [-0.3, -0.25) is 19.9 Å². The van der Waals surface area contributed by atoms with Gasteiger partial charge in [0.05, 0.1) is 17.4 Å². The molecule has 9 heteroatoms. The van der Waals surface area contributed by atoms with Crippen molar-refractivity contribution in [2.45, 2.75) is 11.7 Å². The van der Waals surface area contributed by atoms with Gasteiger partial charge in [0.2, 0.25) is 11.8 Å². The molecule has 2 saturated heterocycles. The second-order valence-electron chi connectivity index (χ2n) is 6.54. The minimum absolute atomic E-state index is 0.0229. The lowest BCUT2D eigenvalue weighted by Crippen LogP contribution is -2.63. The smallest absolute Gasteiger partial charge is 0.234 e. The minimum atomic E-state index is -0.351. The summed E-state index contributed by atoms with van der Waals surface area (Å²) >= 11 is 7.19. The fourth-order valence-electron chi connectivity index (χ4n) is 3.27. The van der Waals surface area contributed by atoms with Crippen molar-refractivity contribution in [1.82, 2.24) is 16.1 Å². The van der Waals surface area contributed by atoms with Gasteiger partial charge in [0.1, 0.15) is 11.7 Å². The second kappa shape index (κ2) is 8.40. The molecule has 3 unspecified atom stereocenters. The molecule has 0 saturated carbocycles. The van der Waals surface area contributed by atoms with E-state index in [1.807, 2.05) is 35.3 Å². The van der Waals surface area contributed by atoms with E-state index >= 15 is 0 Å². The van der Waals surface area contributed by atoms with Crippen molar-refractivity contribution < 1.29 is 9.59 Å². The zero-order chi connectivity index (χ0) is 19.5. The van der Waals surface area contributed by atoms with Crippen LogP contribution in [-0.4, -0.2) is 35.8 Å². The summed E-state index contributed by atoms with van der Waals surface area (Å²) in [5.41, 5.74) is 4.60. The monoisotopic (exact) mass is 417 g/mol. The number of nitrogens with one attached hydrogen (secondary N) is 4. The number of amides is 2. The van der Waals surface area contributed by atoms with Gasteiger partial charge in [-0.15, -0.1) is 11.8 Å². The molecule has 0 radical (unpaired) electrons. The zero-order valence-electron chi connectivity index (χ0n) is 14.9. The number of carbonyl (C=O) groups is 2. The van der Waals surface area contributed by atoms with Crippen molar-refractivity contribution in [3.05, 3.63) is 59.6 Å². The summed E-state index contributed by atoms with van der Waals surface area (Å²) in [5.74, 6) is -0.156. The van der Waals surface area contributed by atoms with Crippen LogP contribution >= 0.6 is 23.4 Å². The maximum atomic E-state index is 12.5. The highest BCUT2D eigenvalue weighted by Crippen LogP contribution is 2.26. The van der Waals surface area contributed by atoms with Crippen LogP contribution in [0.4, 0.5) is 11.4 Å². The van der Waals surface area contributed by atoms with Crippen LogP contribution in [0.1, 0.15) is 0 Å². The summed E-state index contributed by atoms with van der Waals surface area (Å²) in [4.78, 5) is 24.7. The molecule has 2 aliphatic heterocycles. The van der Waals surface area contributed by atoms with E-state index in [1.165, 1.54) is 11.8 Å². The number of benzene rings is 2. The number of para-hydroxylation sites is 1. The molecule has 0 bridgehead atoms. The van der Waals surface area contributed by atoms with E-state index in [4.69, 9.17) is 11.6 Å². The van der Waals surface area contributed by atoms with Crippen LogP contribution < -0.4 is 26.4 Å². The lowest BCUT2D eigenvalue weighted by atomic mass is 10.1. The Morgan fingerprint density at radius 2 is 1.93 bits per heavy atom. The summed E-state index contributed by atoms with van der Waals surface area (Å²) in [6.07, 6.45) is -0.173. The van der Waals surface area contributed by atoms with E-state index in [2.05, 4.69) is 21.4 Å². The third kappa shape index (κ3) is 4.25. The number of hydrazine groups is 1. The molecule has 2 amide bonds.